The van der Waals surface area contributed by atoms with Gasteiger partial charge < -0.3 is 24.4 Å². The number of anilines is 1. The van der Waals surface area contributed by atoms with Crippen molar-refractivity contribution in [2.45, 2.75) is 13.5 Å². The molecule has 1 amide bonds. The number of nitrogens with one attached hydrogen (secondary N) is 1. The van der Waals surface area contributed by atoms with Crippen LogP contribution >= 0.6 is 0 Å². The van der Waals surface area contributed by atoms with Crippen molar-refractivity contribution in [3.63, 3.8) is 0 Å². The number of carbonyl (C=O) groups excluding carboxylic acids is 1. The first kappa shape index (κ1) is 18.9. The number of hydrogen-bond acceptors (Lipinski definition) is 7. The maximum atomic E-state index is 12.1. The molecule has 27 heavy (non-hydrogen) atoms. The quantitative estimate of drug-likeness (QED) is 0.785. The Bertz CT molecular complexity index is 778. The summed E-state index contributed by atoms with van der Waals surface area (Å²) >= 11 is 0. The lowest BCUT2D eigenvalue weighted by Crippen LogP contribution is -2.37. The summed E-state index contributed by atoms with van der Waals surface area (Å²) in [6, 6.07) is 9.14. The Morgan fingerprint density at radius 3 is 2.70 bits per heavy atom. The molecule has 2 heterocycles. The van der Waals surface area contributed by atoms with Gasteiger partial charge in [0.1, 0.15) is 11.6 Å². The van der Waals surface area contributed by atoms with Crippen LogP contribution in [0.3, 0.4) is 0 Å². The third kappa shape index (κ3) is 5.30. The summed E-state index contributed by atoms with van der Waals surface area (Å²) < 4.78 is 16.1. The van der Waals surface area contributed by atoms with Crippen molar-refractivity contribution in [2.24, 2.45) is 0 Å². The van der Waals surface area contributed by atoms with Crippen molar-refractivity contribution in [1.82, 2.24) is 15.3 Å². The molecule has 1 aromatic heterocycles. The molecule has 0 spiro atoms. The van der Waals surface area contributed by atoms with E-state index in [1.165, 1.54) is 0 Å². The summed E-state index contributed by atoms with van der Waals surface area (Å²) in [6.45, 7) is 5.03. The van der Waals surface area contributed by atoms with Crippen LogP contribution in [0.5, 0.6) is 11.5 Å². The molecule has 0 saturated carbocycles. The van der Waals surface area contributed by atoms with Gasteiger partial charge in [0.15, 0.2) is 18.1 Å². The van der Waals surface area contributed by atoms with Gasteiger partial charge in [0.25, 0.3) is 5.91 Å². The molecule has 2 aromatic rings. The van der Waals surface area contributed by atoms with Crippen LogP contribution in [0, 0.1) is 6.92 Å². The van der Waals surface area contributed by atoms with Crippen LogP contribution in [0.1, 0.15) is 11.5 Å². The Morgan fingerprint density at radius 2 is 1.96 bits per heavy atom. The molecule has 0 aliphatic carbocycles. The molecule has 1 aliphatic rings. The standard InChI is InChI=1S/C19H24N4O4/c1-14-11-18(23-7-9-26-10-8-23)22-17(21-14)12-20-19(24)13-27-16-6-4-3-5-15(16)25-2/h3-6,11H,7-10,12-13H2,1-2H3,(H,20,24). The zero-order valence-corrected chi connectivity index (χ0v) is 15.6. The van der Waals surface area contributed by atoms with E-state index in [1.807, 2.05) is 25.1 Å². The topological polar surface area (TPSA) is 85.8 Å². The fourth-order valence-electron chi connectivity index (χ4n) is 2.76. The van der Waals surface area contributed by atoms with Gasteiger partial charge >= 0.3 is 0 Å². The Hall–Kier alpha value is -2.87. The lowest BCUT2D eigenvalue weighted by Gasteiger charge is -2.28. The summed E-state index contributed by atoms with van der Waals surface area (Å²) in [5.41, 5.74) is 0.862. The molecule has 1 saturated heterocycles. The molecule has 1 aromatic carbocycles. The highest BCUT2D eigenvalue weighted by Crippen LogP contribution is 2.25. The monoisotopic (exact) mass is 372 g/mol. The minimum absolute atomic E-state index is 0.109. The van der Waals surface area contributed by atoms with Crippen LogP contribution < -0.4 is 19.7 Å². The first-order valence-electron chi connectivity index (χ1n) is 8.85. The van der Waals surface area contributed by atoms with Gasteiger partial charge in [-0.2, -0.15) is 0 Å². The van der Waals surface area contributed by atoms with Gasteiger partial charge in [-0.05, 0) is 19.1 Å². The van der Waals surface area contributed by atoms with Gasteiger partial charge in [-0.3, -0.25) is 4.79 Å². The van der Waals surface area contributed by atoms with Gasteiger partial charge in [-0.25, -0.2) is 9.97 Å². The highest BCUT2D eigenvalue weighted by molar-refractivity contribution is 5.77. The minimum atomic E-state index is -0.251. The van der Waals surface area contributed by atoms with E-state index in [1.54, 1.807) is 19.2 Å². The van der Waals surface area contributed by atoms with Gasteiger partial charge in [0, 0.05) is 24.8 Å². The number of morpholine rings is 1. The Labute approximate surface area is 158 Å². The lowest BCUT2D eigenvalue weighted by molar-refractivity contribution is -0.123. The van der Waals surface area contributed by atoms with Crippen molar-refractivity contribution in [3.8, 4) is 11.5 Å². The van der Waals surface area contributed by atoms with Crippen LogP contribution in [0.2, 0.25) is 0 Å². The molecule has 0 atom stereocenters. The maximum absolute atomic E-state index is 12.1. The fourth-order valence-corrected chi connectivity index (χ4v) is 2.76. The zero-order valence-electron chi connectivity index (χ0n) is 15.6. The Morgan fingerprint density at radius 1 is 1.22 bits per heavy atom. The van der Waals surface area contributed by atoms with E-state index in [4.69, 9.17) is 14.2 Å². The van der Waals surface area contributed by atoms with Crippen molar-refractivity contribution in [2.75, 3.05) is 44.9 Å². The summed E-state index contributed by atoms with van der Waals surface area (Å²) in [5, 5.41) is 2.79. The van der Waals surface area contributed by atoms with Gasteiger partial charge in [-0.15, -0.1) is 0 Å². The van der Waals surface area contributed by atoms with E-state index < -0.39 is 0 Å². The molecule has 8 heteroatoms. The molecule has 144 valence electrons. The maximum Gasteiger partial charge on any atom is 0.258 e. The second-order valence-electron chi connectivity index (χ2n) is 6.10. The summed E-state index contributed by atoms with van der Waals surface area (Å²) in [4.78, 5) is 23.2. The molecule has 1 N–H and O–H groups in total. The molecule has 1 fully saturated rings. The number of aryl methyl sites for hydroxylation is 1. The first-order chi connectivity index (χ1) is 13.2. The van der Waals surface area contributed by atoms with Crippen molar-refractivity contribution < 1.29 is 19.0 Å². The predicted octanol–water partition coefficient (Wildman–Crippen LogP) is 1.33. The van der Waals surface area contributed by atoms with E-state index in [2.05, 4.69) is 20.2 Å². The molecule has 3 rings (SSSR count). The second-order valence-corrected chi connectivity index (χ2v) is 6.10. The lowest BCUT2D eigenvalue weighted by atomic mass is 10.3. The second kappa shape index (κ2) is 9.18. The molecule has 0 radical (unpaired) electrons. The van der Waals surface area contributed by atoms with Crippen LogP contribution in [0.15, 0.2) is 30.3 Å². The fraction of sp³-hybridized carbons (Fsp3) is 0.421. The highest BCUT2D eigenvalue weighted by atomic mass is 16.5. The van der Waals surface area contributed by atoms with Crippen LogP contribution in [-0.4, -0.2) is 55.9 Å². The number of hydrogen-bond donors (Lipinski definition) is 1. The number of amides is 1. The van der Waals surface area contributed by atoms with Crippen LogP contribution in [0.25, 0.3) is 0 Å². The number of carbonyl (C=O) groups is 1. The number of nitrogens with zero attached hydrogens (tertiary/aromatic N) is 3. The summed E-state index contributed by atoms with van der Waals surface area (Å²) in [5.74, 6) is 2.29. The van der Waals surface area contributed by atoms with Gasteiger partial charge in [0.2, 0.25) is 0 Å². The predicted molar refractivity (Wildman–Crippen MR) is 100 cm³/mol. The van der Waals surface area contributed by atoms with Crippen LogP contribution in [-0.2, 0) is 16.1 Å². The summed E-state index contributed by atoms with van der Waals surface area (Å²) in [7, 11) is 1.56. The zero-order chi connectivity index (χ0) is 19.1. The van der Waals surface area contributed by atoms with E-state index in [0.29, 0.717) is 30.5 Å². The van der Waals surface area contributed by atoms with E-state index in [-0.39, 0.29) is 19.1 Å². The van der Waals surface area contributed by atoms with Gasteiger partial charge in [-0.1, -0.05) is 12.1 Å². The number of aromatic nitrogens is 2. The van der Waals surface area contributed by atoms with E-state index in [9.17, 15) is 4.79 Å². The number of ether oxygens (including phenoxy) is 3. The third-order valence-corrected chi connectivity index (χ3v) is 4.09. The number of rotatable bonds is 7. The summed E-state index contributed by atoms with van der Waals surface area (Å²) in [6.07, 6.45) is 0. The average Bonchev–Trinajstić information content (AvgIpc) is 2.71. The minimum Gasteiger partial charge on any atom is -0.493 e. The largest absolute Gasteiger partial charge is 0.493 e. The Kier molecular flexibility index (Phi) is 6.43. The van der Waals surface area contributed by atoms with Crippen LogP contribution in [0.4, 0.5) is 5.82 Å². The molecular formula is C19H24N4O4. The molecule has 1 aliphatic heterocycles. The molecular weight excluding hydrogens is 348 g/mol. The average molecular weight is 372 g/mol. The number of benzene rings is 1. The van der Waals surface area contributed by atoms with Crippen molar-refractivity contribution in [1.29, 1.82) is 0 Å². The number of para-hydroxylation sites is 2. The number of methoxy groups -OCH3 is 1. The van der Waals surface area contributed by atoms with E-state index >= 15 is 0 Å². The first-order valence-corrected chi connectivity index (χ1v) is 8.85. The van der Waals surface area contributed by atoms with Crippen molar-refractivity contribution >= 4 is 11.7 Å². The SMILES string of the molecule is COc1ccccc1OCC(=O)NCc1nc(C)cc(N2CCOCC2)n1. The third-order valence-electron chi connectivity index (χ3n) is 4.09. The highest BCUT2D eigenvalue weighted by Gasteiger charge is 2.14. The smallest absolute Gasteiger partial charge is 0.258 e. The normalized spacial score (nSPS) is 13.9. The molecule has 0 bridgehead atoms. The van der Waals surface area contributed by atoms with E-state index in [0.717, 1.165) is 24.6 Å². The molecule has 0 unspecified atom stereocenters. The van der Waals surface area contributed by atoms with Gasteiger partial charge in [0.05, 0.1) is 26.9 Å². The molecule has 8 nitrogen and oxygen atoms in total. The Balaban J connectivity index is 1.54. The van der Waals surface area contributed by atoms with Crippen molar-refractivity contribution in [3.05, 3.63) is 41.9 Å².